The number of benzene rings is 3. The van der Waals surface area contributed by atoms with Gasteiger partial charge in [0.25, 0.3) is 0 Å². The van der Waals surface area contributed by atoms with Gasteiger partial charge >= 0.3 is 18.3 Å². The van der Waals surface area contributed by atoms with Crippen LogP contribution >= 0.6 is 0 Å². The summed E-state index contributed by atoms with van der Waals surface area (Å²) in [6.45, 7) is 3.64. The molecular weight excluding hydrogens is 510 g/mol. The van der Waals surface area contributed by atoms with Crippen LogP contribution in [0.15, 0.2) is 66.7 Å². The average molecular weight is 533 g/mol. The molecule has 0 aliphatic carbocycles. The lowest BCUT2D eigenvalue weighted by molar-refractivity contribution is -0.289. The summed E-state index contributed by atoms with van der Waals surface area (Å²) in [5.74, 6) is -6.72. The van der Waals surface area contributed by atoms with Crippen LogP contribution in [-0.4, -0.2) is 23.2 Å². The van der Waals surface area contributed by atoms with E-state index in [1.54, 1.807) is 12.1 Å². The number of rotatable bonds is 7. The van der Waals surface area contributed by atoms with Crippen LogP contribution in [0.1, 0.15) is 33.7 Å². The second-order valence-corrected chi connectivity index (χ2v) is 8.85. The van der Waals surface area contributed by atoms with E-state index in [4.69, 9.17) is 10.5 Å². The SMILES string of the molecule is Cc1cc(C)cc(Oc2cccc(C(Cc3cccc(C(F)(F)C(F)(F)F)c3)C(N)(O)C(F)(F)F)c2)c1. The number of hydrogen-bond donors (Lipinski definition) is 2. The molecule has 0 fully saturated rings. The summed E-state index contributed by atoms with van der Waals surface area (Å²) < 4.78 is 113. The third-order valence-corrected chi connectivity index (χ3v) is 5.76. The Kier molecular flexibility index (Phi) is 7.63. The largest absolute Gasteiger partial charge is 0.458 e. The van der Waals surface area contributed by atoms with Crippen LogP contribution in [0.2, 0.25) is 0 Å². The number of aryl methyl sites for hydroxylation is 2. The molecule has 3 nitrogen and oxygen atoms in total. The van der Waals surface area contributed by atoms with Gasteiger partial charge in [-0.3, -0.25) is 5.73 Å². The lowest BCUT2D eigenvalue weighted by atomic mass is 9.82. The molecule has 3 aromatic carbocycles. The maximum Gasteiger partial charge on any atom is 0.458 e. The zero-order chi connectivity index (χ0) is 27.8. The summed E-state index contributed by atoms with van der Waals surface area (Å²) in [6.07, 6.45) is -12.1. The van der Waals surface area contributed by atoms with Gasteiger partial charge in [0.05, 0.1) is 0 Å². The van der Waals surface area contributed by atoms with Crippen molar-refractivity contribution in [1.82, 2.24) is 0 Å². The van der Waals surface area contributed by atoms with Crippen molar-refractivity contribution in [2.45, 2.75) is 50.2 Å². The van der Waals surface area contributed by atoms with Crippen LogP contribution in [0.5, 0.6) is 11.5 Å². The molecule has 0 saturated heterocycles. The Bertz CT molecular complexity index is 1230. The standard InChI is InChI=1S/C26H23F8NO2/c1-15-9-16(2)11-21(10-15)37-20-8-4-6-18(14-20)22(24(35,36)26(32,33)34)13-17-5-3-7-19(12-17)23(27,28)25(29,30)31/h3-12,14,22,36H,13,35H2,1-2H3. The zero-order valence-electron chi connectivity index (χ0n) is 19.6. The van der Waals surface area contributed by atoms with Crippen molar-refractivity contribution in [2.75, 3.05) is 0 Å². The van der Waals surface area contributed by atoms with Gasteiger partial charge in [0.15, 0.2) is 0 Å². The van der Waals surface area contributed by atoms with E-state index in [9.17, 15) is 40.2 Å². The average Bonchev–Trinajstić information content (AvgIpc) is 2.75. The highest BCUT2D eigenvalue weighted by Gasteiger charge is 2.59. The van der Waals surface area contributed by atoms with Gasteiger partial charge in [0, 0.05) is 11.5 Å². The van der Waals surface area contributed by atoms with Crippen LogP contribution in [-0.2, 0) is 12.3 Å². The smallest absolute Gasteiger partial charge is 0.457 e. The van der Waals surface area contributed by atoms with Crippen molar-refractivity contribution in [3.8, 4) is 11.5 Å². The number of alkyl halides is 8. The van der Waals surface area contributed by atoms with Crippen LogP contribution < -0.4 is 10.5 Å². The molecule has 3 aromatic rings. The van der Waals surface area contributed by atoms with Gasteiger partial charge in [-0.2, -0.15) is 35.1 Å². The van der Waals surface area contributed by atoms with Gasteiger partial charge in [-0.15, -0.1) is 0 Å². The van der Waals surface area contributed by atoms with Crippen molar-refractivity contribution in [2.24, 2.45) is 5.73 Å². The predicted molar refractivity (Wildman–Crippen MR) is 120 cm³/mol. The Hall–Kier alpha value is -3.18. The third kappa shape index (κ3) is 6.22. The van der Waals surface area contributed by atoms with Crippen molar-refractivity contribution >= 4 is 0 Å². The van der Waals surface area contributed by atoms with E-state index in [0.29, 0.717) is 17.9 Å². The van der Waals surface area contributed by atoms with Crippen molar-refractivity contribution < 1.29 is 45.0 Å². The number of halogens is 8. The first kappa shape index (κ1) is 28.4. The minimum absolute atomic E-state index is 0.0998. The highest BCUT2D eigenvalue weighted by Crippen LogP contribution is 2.45. The van der Waals surface area contributed by atoms with Gasteiger partial charge in [0.1, 0.15) is 11.5 Å². The van der Waals surface area contributed by atoms with E-state index < -0.39 is 41.9 Å². The highest BCUT2D eigenvalue weighted by atomic mass is 19.4. The molecule has 0 aromatic heterocycles. The van der Waals surface area contributed by atoms with E-state index in [-0.39, 0.29) is 16.9 Å². The van der Waals surface area contributed by atoms with Crippen LogP contribution in [0.25, 0.3) is 0 Å². The molecule has 2 atom stereocenters. The summed E-state index contributed by atoms with van der Waals surface area (Å²) in [5.41, 5.74) is 1.26. The Labute approximate surface area is 207 Å². The summed E-state index contributed by atoms with van der Waals surface area (Å²) in [7, 11) is 0. The maximum atomic E-state index is 13.8. The van der Waals surface area contributed by atoms with E-state index in [0.717, 1.165) is 23.3 Å². The van der Waals surface area contributed by atoms with E-state index in [1.807, 2.05) is 19.9 Å². The minimum Gasteiger partial charge on any atom is -0.457 e. The van der Waals surface area contributed by atoms with Gasteiger partial charge in [-0.25, -0.2) is 0 Å². The maximum absolute atomic E-state index is 13.8. The Morgan fingerprint density at radius 1 is 0.757 bits per heavy atom. The zero-order valence-corrected chi connectivity index (χ0v) is 19.6. The molecular formula is C26H23F8NO2. The van der Waals surface area contributed by atoms with Gasteiger partial charge in [-0.1, -0.05) is 36.4 Å². The Balaban J connectivity index is 2.03. The molecule has 37 heavy (non-hydrogen) atoms. The molecule has 2 unspecified atom stereocenters. The minimum atomic E-state index is -5.91. The van der Waals surface area contributed by atoms with Crippen molar-refractivity contribution in [3.05, 3.63) is 94.5 Å². The van der Waals surface area contributed by atoms with E-state index >= 15 is 0 Å². The van der Waals surface area contributed by atoms with Gasteiger partial charge in [0.2, 0.25) is 5.72 Å². The lowest BCUT2D eigenvalue weighted by Gasteiger charge is -2.35. The Morgan fingerprint density at radius 3 is 1.92 bits per heavy atom. The van der Waals surface area contributed by atoms with Crippen molar-refractivity contribution in [1.29, 1.82) is 0 Å². The molecule has 3 rings (SSSR count). The third-order valence-electron chi connectivity index (χ3n) is 5.76. The van der Waals surface area contributed by atoms with E-state index in [1.165, 1.54) is 24.3 Å². The molecule has 0 amide bonds. The number of aliphatic hydroxyl groups is 1. The Morgan fingerprint density at radius 2 is 1.35 bits per heavy atom. The second-order valence-electron chi connectivity index (χ2n) is 8.85. The lowest BCUT2D eigenvalue weighted by Crippen LogP contribution is -2.58. The molecule has 0 radical (unpaired) electrons. The first-order valence-corrected chi connectivity index (χ1v) is 10.9. The molecule has 200 valence electrons. The normalized spacial score (nSPS) is 15.2. The van der Waals surface area contributed by atoms with Gasteiger partial charge < -0.3 is 9.84 Å². The van der Waals surface area contributed by atoms with Gasteiger partial charge in [-0.05, 0) is 72.9 Å². The second kappa shape index (κ2) is 9.94. The molecule has 0 bridgehead atoms. The molecule has 0 aliphatic rings. The first-order chi connectivity index (χ1) is 16.9. The van der Waals surface area contributed by atoms with Crippen LogP contribution in [0.4, 0.5) is 35.1 Å². The number of hydrogen-bond acceptors (Lipinski definition) is 3. The first-order valence-electron chi connectivity index (χ1n) is 10.9. The summed E-state index contributed by atoms with van der Waals surface area (Å²) in [6, 6.07) is 13.4. The quantitative estimate of drug-likeness (QED) is 0.248. The fourth-order valence-electron chi connectivity index (χ4n) is 3.94. The number of nitrogens with two attached hydrogens (primary N) is 1. The number of ether oxygens (including phenoxy) is 1. The van der Waals surface area contributed by atoms with Crippen LogP contribution in [0, 0.1) is 13.8 Å². The molecule has 0 aliphatic heterocycles. The summed E-state index contributed by atoms with van der Waals surface area (Å²) >= 11 is 0. The molecule has 11 heteroatoms. The molecule has 0 spiro atoms. The monoisotopic (exact) mass is 533 g/mol. The van der Waals surface area contributed by atoms with Crippen molar-refractivity contribution in [3.63, 3.8) is 0 Å². The fourth-order valence-corrected chi connectivity index (χ4v) is 3.94. The summed E-state index contributed by atoms with van der Waals surface area (Å²) in [4.78, 5) is 0. The van der Waals surface area contributed by atoms with E-state index in [2.05, 4.69) is 0 Å². The molecule has 0 heterocycles. The summed E-state index contributed by atoms with van der Waals surface area (Å²) in [5, 5.41) is 10.3. The fraction of sp³-hybridized carbons (Fsp3) is 0.308. The molecule has 3 N–H and O–H groups in total. The predicted octanol–water partition coefficient (Wildman–Crippen LogP) is 7.29. The molecule has 0 saturated carbocycles. The van der Waals surface area contributed by atoms with Crippen LogP contribution in [0.3, 0.4) is 0 Å². The topological polar surface area (TPSA) is 55.5 Å². The highest BCUT2D eigenvalue weighted by molar-refractivity contribution is 5.40.